The average Bonchev–Trinajstić information content (AvgIpc) is 3.60. The molecule has 2 unspecified atom stereocenters. The van der Waals surface area contributed by atoms with Gasteiger partial charge in [0.05, 0.1) is 37.0 Å². The number of esters is 2. The van der Waals surface area contributed by atoms with Gasteiger partial charge >= 0.3 is 11.9 Å². The summed E-state index contributed by atoms with van der Waals surface area (Å²) in [6, 6.07) is 11.4. The summed E-state index contributed by atoms with van der Waals surface area (Å²) in [5.74, 6) is -4.12. The van der Waals surface area contributed by atoms with Crippen LogP contribution in [-0.4, -0.2) is 128 Å². The minimum Gasteiger partial charge on any atom is -0.461 e. The Morgan fingerprint density at radius 1 is 0.864 bits per heavy atom. The minimum absolute atomic E-state index is 0.00840. The van der Waals surface area contributed by atoms with E-state index in [1.165, 1.54) is 13.8 Å². The zero-order valence-electron chi connectivity index (χ0n) is 34.9. The van der Waals surface area contributed by atoms with Gasteiger partial charge < -0.3 is 35.1 Å². The van der Waals surface area contributed by atoms with Gasteiger partial charge in [0.25, 0.3) is 0 Å². The van der Waals surface area contributed by atoms with Crippen LogP contribution in [0.25, 0.3) is 10.8 Å². The number of unbranched alkanes of at least 4 members (excludes halogenated alkanes) is 1. The molecule has 14 nitrogen and oxygen atoms in total. The Bertz CT molecular complexity index is 1780. The van der Waals surface area contributed by atoms with Crippen LogP contribution in [-0.2, 0) is 49.6 Å². The van der Waals surface area contributed by atoms with Crippen LogP contribution in [0.5, 0.6) is 0 Å². The molecular weight excluding hydrogens is 779 g/mol. The number of morpholine rings is 1. The molecule has 7 atom stereocenters. The first-order valence-corrected chi connectivity index (χ1v) is 23.3. The van der Waals surface area contributed by atoms with Crippen molar-refractivity contribution < 1.29 is 52.0 Å². The Morgan fingerprint density at radius 2 is 1.51 bits per heavy atom. The molecule has 2 amide bonds. The van der Waals surface area contributed by atoms with Gasteiger partial charge in [-0.3, -0.25) is 24.1 Å². The molecule has 0 aromatic heterocycles. The first-order valence-electron chi connectivity index (χ1n) is 21.5. The van der Waals surface area contributed by atoms with Crippen LogP contribution in [0.4, 0.5) is 0 Å². The van der Waals surface area contributed by atoms with E-state index >= 15 is 0 Å². The van der Waals surface area contributed by atoms with Gasteiger partial charge in [0, 0.05) is 33.5 Å². The molecule has 2 aromatic carbocycles. The van der Waals surface area contributed by atoms with Crippen LogP contribution in [0.1, 0.15) is 97.0 Å². The summed E-state index contributed by atoms with van der Waals surface area (Å²) in [4.78, 5) is 55.1. The Balaban J connectivity index is 1.42. The molecule has 1 saturated heterocycles. The van der Waals surface area contributed by atoms with E-state index < -0.39 is 87.0 Å². The monoisotopic (exact) mass is 843 g/mol. The quantitative estimate of drug-likeness (QED) is 0.142. The number of sulfone groups is 1. The molecule has 1 aliphatic heterocycles. The van der Waals surface area contributed by atoms with Crippen molar-refractivity contribution in [3.05, 3.63) is 48.0 Å². The second-order valence-corrected chi connectivity index (χ2v) is 18.9. The van der Waals surface area contributed by atoms with Gasteiger partial charge in [-0.25, -0.2) is 8.42 Å². The standard InChI is InChI=1S/C44H65N3O11S/c1-4-5-18-36(44(53)46-37(25-31-12-7-6-8-13-31)41(51)38(50)27-47-21-23-56-24-22-47)45-43(52)34(26-33-16-11-15-32-14-9-10-17-35(32)33)28-59(54,55)42-39(57-29(2)48)19-20-40(42)58-30(3)49/h9-11,14-17,31,34,36-42,50-51H,4-8,12-13,18-28H2,1-3H3,(H,45,52)(H,46,53)/t34-,36+,37+,38+,39?,40?,41-,42?/m1/s1. The van der Waals surface area contributed by atoms with Crippen molar-refractivity contribution in [1.82, 2.24) is 15.5 Å². The van der Waals surface area contributed by atoms with E-state index in [1.54, 1.807) is 0 Å². The van der Waals surface area contributed by atoms with E-state index in [2.05, 4.69) is 10.6 Å². The zero-order chi connectivity index (χ0) is 42.5. The Hall–Kier alpha value is -3.63. The van der Waals surface area contributed by atoms with Crippen molar-refractivity contribution >= 4 is 44.4 Å². The predicted molar refractivity (Wildman–Crippen MR) is 223 cm³/mol. The van der Waals surface area contributed by atoms with Crippen LogP contribution >= 0.6 is 0 Å². The third kappa shape index (κ3) is 13.4. The summed E-state index contributed by atoms with van der Waals surface area (Å²) < 4.78 is 45.3. The molecule has 3 aliphatic rings. The number of hydrogen-bond donors (Lipinski definition) is 4. The van der Waals surface area contributed by atoms with Gasteiger partial charge in [-0.15, -0.1) is 0 Å². The molecule has 59 heavy (non-hydrogen) atoms. The van der Waals surface area contributed by atoms with Crippen LogP contribution in [0.3, 0.4) is 0 Å². The smallest absolute Gasteiger partial charge is 0.302 e. The minimum atomic E-state index is -4.30. The molecule has 2 aliphatic carbocycles. The molecule has 1 heterocycles. The van der Waals surface area contributed by atoms with Gasteiger partial charge in [0.15, 0.2) is 9.84 Å². The highest BCUT2D eigenvalue weighted by molar-refractivity contribution is 7.92. The van der Waals surface area contributed by atoms with Crippen molar-refractivity contribution in [2.24, 2.45) is 11.8 Å². The summed E-state index contributed by atoms with van der Waals surface area (Å²) in [7, 11) is -4.30. The fourth-order valence-electron chi connectivity index (χ4n) is 9.13. The largest absolute Gasteiger partial charge is 0.461 e. The highest BCUT2D eigenvalue weighted by Crippen LogP contribution is 2.34. The van der Waals surface area contributed by atoms with Gasteiger partial charge in [0.2, 0.25) is 11.8 Å². The topological polar surface area (TPSA) is 198 Å². The summed E-state index contributed by atoms with van der Waals surface area (Å²) in [5.41, 5.74) is 0.734. The number of benzene rings is 2. The van der Waals surface area contributed by atoms with Crippen LogP contribution in [0.15, 0.2) is 42.5 Å². The van der Waals surface area contributed by atoms with Gasteiger partial charge in [-0.2, -0.15) is 0 Å². The highest BCUT2D eigenvalue weighted by atomic mass is 32.2. The number of fused-ring (bicyclic) bond motifs is 1. The van der Waals surface area contributed by atoms with Gasteiger partial charge in [0.1, 0.15) is 29.6 Å². The lowest BCUT2D eigenvalue weighted by atomic mass is 9.83. The maximum Gasteiger partial charge on any atom is 0.302 e. The summed E-state index contributed by atoms with van der Waals surface area (Å²) in [5, 5.41) is 29.2. The third-order valence-corrected chi connectivity index (χ3v) is 14.4. The maximum atomic E-state index is 14.6. The van der Waals surface area contributed by atoms with Crippen molar-refractivity contribution in [2.45, 2.75) is 140 Å². The molecule has 0 spiro atoms. The number of β-amino-alcohol motifs (C(OH)–C–C–N with tert-alkyl or cyclic N) is 1. The van der Waals surface area contributed by atoms with E-state index in [1.807, 2.05) is 54.3 Å². The maximum absolute atomic E-state index is 14.6. The summed E-state index contributed by atoms with van der Waals surface area (Å²) in [6.45, 7) is 6.87. The van der Waals surface area contributed by atoms with Gasteiger partial charge in [-0.1, -0.05) is 94.3 Å². The number of aliphatic hydroxyl groups is 2. The molecule has 4 N–H and O–H groups in total. The fourth-order valence-corrected chi connectivity index (χ4v) is 11.5. The molecule has 15 heteroatoms. The first-order chi connectivity index (χ1) is 28.2. The fraction of sp³-hybridized carbons (Fsp3) is 0.682. The Labute approximate surface area is 349 Å². The number of carbonyl (C=O) groups excluding carboxylic acids is 4. The number of nitrogens with zero attached hydrogens (tertiary/aromatic N) is 1. The third-order valence-electron chi connectivity index (χ3n) is 12.1. The summed E-state index contributed by atoms with van der Waals surface area (Å²) >= 11 is 0. The number of ether oxygens (including phenoxy) is 3. The van der Waals surface area contributed by atoms with E-state index in [4.69, 9.17) is 14.2 Å². The molecule has 0 bridgehead atoms. The van der Waals surface area contributed by atoms with Gasteiger partial charge in [-0.05, 0) is 54.4 Å². The van der Waals surface area contributed by atoms with Crippen LogP contribution < -0.4 is 10.6 Å². The average molecular weight is 844 g/mol. The zero-order valence-corrected chi connectivity index (χ0v) is 35.7. The number of nitrogens with one attached hydrogen (secondary N) is 2. The van der Waals surface area contributed by atoms with E-state index in [0.29, 0.717) is 39.1 Å². The highest BCUT2D eigenvalue weighted by Gasteiger charge is 2.49. The van der Waals surface area contributed by atoms with Crippen molar-refractivity contribution in [3.8, 4) is 0 Å². The SMILES string of the molecule is CCCC[C@H](NC(=O)[C@H](Cc1cccc2ccccc12)CS(=O)(=O)C1C(OC(C)=O)CCC1OC(C)=O)C(=O)N[C@@H](CC1CCCCC1)[C@@H](O)[C@@H](O)CN1CCOCC1. The first kappa shape index (κ1) is 46.4. The molecule has 5 rings (SSSR count). The second kappa shape index (κ2) is 22.3. The number of amides is 2. The lowest BCUT2D eigenvalue weighted by molar-refractivity contribution is -0.148. The second-order valence-electron chi connectivity index (χ2n) is 16.7. The van der Waals surface area contributed by atoms with E-state index in [0.717, 1.165) is 54.9 Å². The normalized spacial score (nSPS) is 23.1. The molecular formula is C44H65N3O11S. The van der Waals surface area contributed by atoms with E-state index in [-0.39, 0.29) is 38.1 Å². The van der Waals surface area contributed by atoms with Crippen molar-refractivity contribution in [1.29, 1.82) is 0 Å². The number of rotatable bonds is 20. The molecule has 0 radical (unpaired) electrons. The predicted octanol–water partition coefficient (Wildman–Crippen LogP) is 3.62. The molecule has 2 aromatic rings. The van der Waals surface area contributed by atoms with Crippen molar-refractivity contribution in [2.75, 3.05) is 38.6 Å². The summed E-state index contributed by atoms with van der Waals surface area (Å²) in [6.07, 6.45) is 2.96. The van der Waals surface area contributed by atoms with Crippen LogP contribution in [0.2, 0.25) is 0 Å². The van der Waals surface area contributed by atoms with Crippen LogP contribution in [0, 0.1) is 11.8 Å². The molecule has 328 valence electrons. The lowest BCUT2D eigenvalue weighted by Crippen LogP contribution is -2.57. The Morgan fingerprint density at radius 3 is 2.15 bits per heavy atom. The molecule has 2 saturated carbocycles. The molecule has 3 fully saturated rings. The van der Waals surface area contributed by atoms with E-state index in [9.17, 15) is 37.8 Å². The lowest BCUT2D eigenvalue weighted by Gasteiger charge is -2.35. The number of hydrogen-bond acceptors (Lipinski definition) is 12. The van der Waals surface area contributed by atoms with Crippen molar-refractivity contribution in [3.63, 3.8) is 0 Å². The number of carbonyl (C=O) groups is 4. The Kier molecular flexibility index (Phi) is 17.5. The number of aliphatic hydroxyl groups excluding tert-OH is 2.